The molecule has 0 radical (unpaired) electrons. The minimum absolute atomic E-state index is 0.0471. The van der Waals surface area contributed by atoms with Gasteiger partial charge in [-0.1, -0.05) is 6.07 Å². The largest absolute Gasteiger partial charge is 0.364 e. The van der Waals surface area contributed by atoms with Gasteiger partial charge in [0.25, 0.3) is 5.91 Å². The van der Waals surface area contributed by atoms with Crippen molar-refractivity contribution in [2.45, 2.75) is 33.0 Å². The highest BCUT2D eigenvalue weighted by Gasteiger charge is 2.27. The van der Waals surface area contributed by atoms with Crippen LogP contribution in [-0.2, 0) is 9.53 Å². The van der Waals surface area contributed by atoms with Crippen molar-refractivity contribution in [3.63, 3.8) is 0 Å². The van der Waals surface area contributed by atoms with E-state index in [0.717, 1.165) is 28.8 Å². The topological polar surface area (TPSA) is 42.8 Å². The van der Waals surface area contributed by atoms with E-state index in [-0.39, 0.29) is 18.1 Å². The van der Waals surface area contributed by atoms with Crippen LogP contribution in [0.4, 0.5) is 5.69 Å². The molecular formula is C15H22BrN2O2+. The van der Waals surface area contributed by atoms with Crippen LogP contribution in [0.15, 0.2) is 22.7 Å². The van der Waals surface area contributed by atoms with Crippen molar-refractivity contribution < 1.29 is 14.4 Å². The minimum Gasteiger partial charge on any atom is -0.364 e. The summed E-state index contributed by atoms with van der Waals surface area (Å²) in [7, 11) is 0. The van der Waals surface area contributed by atoms with E-state index in [9.17, 15) is 4.79 Å². The lowest BCUT2D eigenvalue weighted by molar-refractivity contribution is -0.907. The zero-order chi connectivity index (χ0) is 14.7. The maximum absolute atomic E-state index is 12.1. The third-order valence-corrected chi connectivity index (χ3v) is 4.08. The molecule has 110 valence electrons. The lowest BCUT2D eigenvalue weighted by Gasteiger charge is -2.31. The molecule has 0 bridgehead atoms. The van der Waals surface area contributed by atoms with E-state index in [1.54, 1.807) is 0 Å². The normalized spacial score (nSPS) is 26.3. The van der Waals surface area contributed by atoms with Crippen molar-refractivity contribution in [2.75, 3.05) is 25.0 Å². The van der Waals surface area contributed by atoms with Crippen LogP contribution < -0.4 is 10.2 Å². The number of carbonyl (C=O) groups is 1. The van der Waals surface area contributed by atoms with Crippen LogP contribution >= 0.6 is 15.9 Å². The Hall–Kier alpha value is -0.910. The average Bonchev–Trinajstić information content (AvgIpc) is 2.31. The summed E-state index contributed by atoms with van der Waals surface area (Å²) in [6.07, 6.45) is 0.431. The second-order valence-electron chi connectivity index (χ2n) is 5.62. The van der Waals surface area contributed by atoms with E-state index >= 15 is 0 Å². The Kier molecular flexibility index (Phi) is 5.18. The Labute approximate surface area is 128 Å². The van der Waals surface area contributed by atoms with Gasteiger partial charge in [0.2, 0.25) is 0 Å². The first-order valence-electron chi connectivity index (χ1n) is 6.99. The predicted octanol–water partition coefficient (Wildman–Crippen LogP) is 1.39. The van der Waals surface area contributed by atoms with Crippen LogP contribution in [0.5, 0.6) is 0 Å². The monoisotopic (exact) mass is 341 g/mol. The lowest BCUT2D eigenvalue weighted by Crippen LogP contribution is -3.16. The number of amides is 1. The summed E-state index contributed by atoms with van der Waals surface area (Å²) in [4.78, 5) is 13.4. The number of rotatable bonds is 3. The standard InChI is InChI=1S/C15H21BrN2O2/c1-10-4-5-14(13(16)6-10)17-15(19)9-18-7-11(2)20-12(3)8-18/h4-6,11-12H,7-9H2,1-3H3,(H,17,19)/p+1/t11-,12+. The lowest BCUT2D eigenvalue weighted by atomic mass is 10.2. The molecule has 2 rings (SSSR count). The summed E-state index contributed by atoms with van der Waals surface area (Å²) in [6.45, 7) is 8.39. The van der Waals surface area contributed by atoms with E-state index in [1.807, 2.05) is 25.1 Å². The van der Waals surface area contributed by atoms with Gasteiger partial charge in [0.05, 0.1) is 5.69 Å². The summed E-state index contributed by atoms with van der Waals surface area (Å²) in [5.74, 6) is 0.0471. The zero-order valence-electron chi connectivity index (χ0n) is 12.2. The van der Waals surface area contributed by atoms with Crippen LogP contribution in [0.25, 0.3) is 0 Å². The van der Waals surface area contributed by atoms with E-state index < -0.39 is 0 Å². The summed E-state index contributed by atoms with van der Waals surface area (Å²) in [6, 6.07) is 5.92. The Morgan fingerprint density at radius 2 is 2.05 bits per heavy atom. The second-order valence-corrected chi connectivity index (χ2v) is 6.48. The van der Waals surface area contributed by atoms with Crippen molar-refractivity contribution in [2.24, 2.45) is 0 Å². The second kappa shape index (κ2) is 6.70. The van der Waals surface area contributed by atoms with E-state index in [0.29, 0.717) is 6.54 Å². The zero-order valence-corrected chi connectivity index (χ0v) is 13.8. The van der Waals surface area contributed by atoms with Gasteiger partial charge < -0.3 is 15.0 Å². The van der Waals surface area contributed by atoms with Crippen LogP contribution in [-0.4, -0.2) is 37.7 Å². The van der Waals surface area contributed by atoms with Crippen LogP contribution in [0.3, 0.4) is 0 Å². The smallest absolute Gasteiger partial charge is 0.279 e. The van der Waals surface area contributed by atoms with Crippen LogP contribution in [0, 0.1) is 6.92 Å². The number of benzene rings is 1. The molecule has 1 fully saturated rings. The molecule has 2 N–H and O–H groups in total. The van der Waals surface area contributed by atoms with Gasteiger partial charge >= 0.3 is 0 Å². The molecule has 3 atom stereocenters. The number of halogens is 1. The molecule has 1 aliphatic rings. The Morgan fingerprint density at radius 1 is 1.40 bits per heavy atom. The summed E-state index contributed by atoms with van der Waals surface area (Å²) < 4.78 is 6.61. The summed E-state index contributed by atoms with van der Waals surface area (Å²) in [5, 5.41) is 2.97. The predicted molar refractivity (Wildman–Crippen MR) is 83.1 cm³/mol. The van der Waals surface area contributed by atoms with Crippen molar-refractivity contribution in [1.29, 1.82) is 0 Å². The first-order valence-corrected chi connectivity index (χ1v) is 7.78. The molecule has 1 aliphatic heterocycles. The molecule has 0 aromatic heterocycles. The Morgan fingerprint density at radius 3 is 2.65 bits per heavy atom. The highest BCUT2D eigenvalue weighted by molar-refractivity contribution is 9.10. The maximum atomic E-state index is 12.1. The Balaban J connectivity index is 1.92. The van der Waals surface area contributed by atoms with Gasteiger partial charge in [-0.3, -0.25) is 4.79 Å². The number of hydrogen-bond acceptors (Lipinski definition) is 2. The number of anilines is 1. The van der Waals surface area contributed by atoms with Gasteiger partial charge in [0, 0.05) is 4.47 Å². The average molecular weight is 342 g/mol. The van der Waals surface area contributed by atoms with Crippen molar-refractivity contribution >= 4 is 27.5 Å². The first kappa shape index (κ1) is 15.5. The van der Waals surface area contributed by atoms with E-state index in [2.05, 4.69) is 35.1 Å². The third-order valence-electron chi connectivity index (χ3n) is 3.43. The molecule has 4 nitrogen and oxygen atoms in total. The van der Waals surface area contributed by atoms with Crippen LogP contribution in [0.1, 0.15) is 19.4 Å². The fourth-order valence-electron chi connectivity index (χ4n) is 2.68. The van der Waals surface area contributed by atoms with Crippen molar-refractivity contribution in [1.82, 2.24) is 0 Å². The molecule has 1 saturated heterocycles. The van der Waals surface area contributed by atoms with E-state index in [1.165, 1.54) is 4.90 Å². The number of morpholine rings is 1. The molecule has 1 heterocycles. The molecule has 0 spiro atoms. The van der Waals surface area contributed by atoms with Crippen molar-refractivity contribution in [3.8, 4) is 0 Å². The summed E-state index contributed by atoms with van der Waals surface area (Å²) in [5.41, 5.74) is 1.99. The highest BCUT2D eigenvalue weighted by atomic mass is 79.9. The van der Waals surface area contributed by atoms with Crippen LogP contribution in [0.2, 0.25) is 0 Å². The quantitative estimate of drug-likeness (QED) is 0.872. The fraction of sp³-hybridized carbons (Fsp3) is 0.533. The molecule has 20 heavy (non-hydrogen) atoms. The van der Waals surface area contributed by atoms with E-state index in [4.69, 9.17) is 4.74 Å². The SMILES string of the molecule is Cc1ccc(NC(=O)C[NH+]2C[C@@H](C)O[C@@H](C)C2)c(Br)c1. The molecular weight excluding hydrogens is 320 g/mol. The number of ether oxygens (including phenoxy) is 1. The number of aryl methyl sites for hydroxylation is 1. The molecule has 0 saturated carbocycles. The summed E-state index contributed by atoms with van der Waals surface area (Å²) >= 11 is 3.48. The maximum Gasteiger partial charge on any atom is 0.279 e. The number of hydrogen-bond donors (Lipinski definition) is 2. The van der Waals surface area contributed by atoms with Crippen molar-refractivity contribution in [3.05, 3.63) is 28.2 Å². The van der Waals surface area contributed by atoms with Gasteiger partial charge in [0.1, 0.15) is 25.3 Å². The molecule has 1 unspecified atom stereocenters. The van der Waals surface area contributed by atoms with Gasteiger partial charge in [0.15, 0.2) is 6.54 Å². The minimum atomic E-state index is 0.0471. The van der Waals surface area contributed by atoms with Gasteiger partial charge in [-0.15, -0.1) is 0 Å². The molecule has 1 aromatic rings. The van der Waals surface area contributed by atoms with Gasteiger partial charge in [-0.2, -0.15) is 0 Å². The number of carbonyl (C=O) groups excluding carboxylic acids is 1. The molecule has 5 heteroatoms. The Bertz CT molecular complexity index is 483. The van der Waals surface area contributed by atoms with Gasteiger partial charge in [-0.05, 0) is 54.4 Å². The number of quaternary nitrogens is 1. The molecule has 1 aromatic carbocycles. The van der Waals surface area contributed by atoms with Gasteiger partial charge in [-0.25, -0.2) is 0 Å². The molecule has 0 aliphatic carbocycles. The highest BCUT2D eigenvalue weighted by Crippen LogP contribution is 2.23. The fourth-order valence-corrected chi connectivity index (χ4v) is 3.27. The third kappa shape index (κ3) is 4.30. The molecule has 1 amide bonds. The first-order chi connectivity index (χ1) is 9.44. The number of nitrogens with one attached hydrogen (secondary N) is 2.